The quantitative estimate of drug-likeness (QED) is 0.750. The first-order valence-electron chi connectivity index (χ1n) is 5.32. The maximum Gasteiger partial charge on any atom is 0.252 e. The smallest absolute Gasteiger partial charge is 0.252 e. The molecule has 0 spiro atoms. The Bertz CT molecular complexity index is 556. The lowest BCUT2D eigenvalue weighted by atomic mass is 10.1. The van der Waals surface area contributed by atoms with Crippen molar-refractivity contribution in [3.63, 3.8) is 0 Å². The monoisotopic (exact) mass is 419 g/mol. The van der Waals surface area contributed by atoms with Gasteiger partial charge in [0.25, 0.3) is 5.91 Å². The number of aromatic amines is 1. The molecule has 1 amide bonds. The number of amides is 1. The average Bonchev–Trinajstić information content (AvgIpc) is 2.85. The Morgan fingerprint density at radius 1 is 1.56 bits per heavy atom. The van der Waals surface area contributed by atoms with Crippen LogP contribution < -0.4 is 5.32 Å². The Morgan fingerprint density at radius 2 is 2.33 bits per heavy atom. The van der Waals surface area contributed by atoms with E-state index >= 15 is 0 Å². The molecule has 1 atom stereocenters. The Labute approximate surface area is 127 Å². The molecule has 0 aliphatic rings. The third-order valence-electron chi connectivity index (χ3n) is 2.54. The van der Waals surface area contributed by atoms with Crippen LogP contribution >= 0.6 is 38.5 Å². The van der Waals surface area contributed by atoms with Crippen molar-refractivity contribution in [3.8, 4) is 0 Å². The second-order valence-corrected chi connectivity index (χ2v) is 5.93. The fourth-order valence-corrected chi connectivity index (χ4v) is 2.47. The SMILES string of the molecule is CC(NC(=O)c1cc(Br)ccc1I)c1cn[nH]c1. The predicted octanol–water partition coefficient (Wildman–Crippen LogP) is 3.27. The minimum Gasteiger partial charge on any atom is -0.345 e. The molecular formula is C12H11BrIN3O. The van der Waals surface area contributed by atoms with Crippen molar-refractivity contribution < 1.29 is 4.79 Å². The normalized spacial score (nSPS) is 12.2. The maximum atomic E-state index is 12.2. The lowest BCUT2D eigenvalue weighted by Crippen LogP contribution is -2.27. The standard InChI is InChI=1S/C12H11BrIN3O/c1-7(8-5-15-16-6-8)17-12(18)10-4-9(13)2-3-11(10)14/h2-7H,1H3,(H,15,16)(H,17,18). The van der Waals surface area contributed by atoms with E-state index in [9.17, 15) is 4.79 Å². The number of rotatable bonds is 3. The third-order valence-corrected chi connectivity index (χ3v) is 3.97. The van der Waals surface area contributed by atoms with Crippen LogP contribution in [0.25, 0.3) is 0 Å². The molecule has 2 aromatic rings. The first-order valence-corrected chi connectivity index (χ1v) is 7.19. The van der Waals surface area contributed by atoms with E-state index in [4.69, 9.17) is 0 Å². The Morgan fingerprint density at radius 3 is 3.00 bits per heavy atom. The summed E-state index contributed by atoms with van der Waals surface area (Å²) in [4.78, 5) is 12.2. The van der Waals surface area contributed by atoms with Gasteiger partial charge in [0.15, 0.2) is 0 Å². The van der Waals surface area contributed by atoms with Crippen LogP contribution in [0, 0.1) is 3.57 Å². The van der Waals surface area contributed by atoms with Crippen molar-refractivity contribution >= 4 is 44.4 Å². The van der Waals surface area contributed by atoms with Gasteiger partial charge in [0.05, 0.1) is 17.8 Å². The van der Waals surface area contributed by atoms with Crippen LogP contribution in [0.1, 0.15) is 28.9 Å². The largest absolute Gasteiger partial charge is 0.345 e. The highest BCUT2D eigenvalue weighted by molar-refractivity contribution is 14.1. The van der Waals surface area contributed by atoms with Crippen LogP contribution in [-0.2, 0) is 0 Å². The second-order valence-electron chi connectivity index (χ2n) is 3.85. The number of carbonyl (C=O) groups excluding carboxylic acids is 1. The van der Waals surface area contributed by atoms with Crippen molar-refractivity contribution in [2.45, 2.75) is 13.0 Å². The lowest BCUT2D eigenvalue weighted by Gasteiger charge is -2.13. The van der Waals surface area contributed by atoms with E-state index in [0.29, 0.717) is 5.56 Å². The Kier molecular flexibility index (Phi) is 4.39. The van der Waals surface area contributed by atoms with Crippen molar-refractivity contribution in [2.75, 3.05) is 0 Å². The highest BCUT2D eigenvalue weighted by Crippen LogP contribution is 2.19. The maximum absolute atomic E-state index is 12.2. The van der Waals surface area contributed by atoms with Gasteiger partial charge in [-0.05, 0) is 47.7 Å². The Balaban J connectivity index is 2.15. The van der Waals surface area contributed by atoms with Crippen molar-refractivity contribution in [2.24, 2.45) is 0 Å². The fourth-order valence-electron chi connectivity index (χ4n) is 1.53. The lowest BCUT2D eigenvalue weighted by molar-refractivity contribution is 0.0939. The molecule has 4 nitrogen and oxygen atoms in total. The number of benzene rings is 1. The molecule has 1 unspecified atom stereocenters. The zero-order chi connectivity index (χ0) is 13.1. The first kappa shape index (κ1) is 13.5. The fraction of sp³-hybridized carbons (Fsp3) is 0.167. The van der Waals surface area contributed by atoms with Crippen LogP contribution in [-0.4, -0.2) is 16.1 Å². The number of nitrogens with one attached hydrogen (secondary N) is 2. The van der Waals surface area contributed by atoms with E-state index in [1.165, 1.54) is 0 Å². The van der Waals surface area contributed by atoms with Gasteiger partial charge in [-0.1, -0.05) is 15.9 Å². The molecule has 0 aliphatic carbocycles. The summed E-state index contributed by atoms with van der Waals surface area (Å²) in [5.41, 5.74) is 1.62. The summed E-state index contributed by atoms with van der Waals surface area (Å²) >= 11 is 5.52. The molecule has 1 aromatic heterocycles. The van der Waals surface area contributed by atoms with Gasteiger partial charge < -0.3 is 5.32 Å². The summed E-state index contributed by atoms with van der Waals surface area (Å²) in [6.07, 6.45) is 3.48. The highest BCUT2D eigenvalue weighted by atomic mass is 127. The second kappa shape index (κ2) is 5.83. The van der Waals surface area contributed by atoms with E-state index in [0.717, 1.165) is 13.6 Å². The number of H-pyrrole nitrogens is 1. The molecular weight excluding hydrogens is 409 g/mol. The van der Waals surface area contributed by atoms with Crippen LogP contribution in [0.5, 0.6) is 0 Å². The third kappa shape index (κ3) is 3.11. The van der Waals surface area contributed by atoms with Gasteiger partial charge in [-0.25, -0.2) is 0 Å². The van der Waals surface area contributed by atoms with Gasteiger partial charge in [-0.3, -0.25) is 9.89 Å². The summed E-state index contributed by atoms with van der Waals surface area (Å²) in [6, 6.07) is 5.56. The molecule has 1 aromatic carbocycles. The molecule has 2 N–H and O–H groups in total. The molecule has 1 heterocycles. The average molecular weight is 420 g/mol. The van der Waals surface area contributed by atoms with Gasteiger partial charge in [0, 0.05) is 19.8 Å². The van der Waals surface area contributed by atoms with Gasteiger partial charge in [0.2, 0.25) is 0 Å². The first-order chi connectivity index (χ1) is 8.58. The zero-order valence-corrected chi connectivity index (χ0v) is 13.3. The topological polar surface area (TPSA) is 57.8 Å². The van der Waals surface area contributed by atoms with Gasteiger partial charge >= 0.3 is 0 Å². The number of hydrogen-bond acceptors (Lipinski definition) is 2. The molecule has 0 radical (unpaired) electrons. The minimum absolute atomic E-state index is 0.0777. The van der Waals surface area contributed by atoms with E-state index < -0.39 is 0 Å². The van der Waals surface area contributed by atoms with Crippen LogP contribution in [0.15, 0.2) is 35.1 Å². The summed E-state index contributed by atoms with van der Waals surface area (Å²) in [6.45, 7) is 1.92. The van der Waals surface area contributed by atoms with Crippen molar-refractivity contribution in [3.05, 3.63) is 49.8 Å². The molecule has 0 saturated heterocycles. The minimum atomic E-state index is -0.0885. The van der Waals surface area contributed by atoms with Crippen molar-refractivity contribution in [1.29, 1.82) is 0 Å². The van der Waals surface area contributed by atoms with E-state index in [1.807, 2.05) is 25.1 Å². The summed E-state index contributed by atoms with van der Waals surface area (Å²) in [5.74, 6) is -0.0885. The van der Waals surface area contributed by atoms with E-state index in [1.54, 1.807) is 12.4 Å². The van der Waals surface area contributed by atoms with Crippen LogP contribution in [0.2, 0.25) is 0 Å². The van der Waals surface area contributed by atoms with Crippen molar-refractivity contribution in [1.82, 2.24) is 15.5 Å². The molecule has 0 fully saturated rings. The molecule has 6 heteroatoms. The number of aromatic nitrogens is 2. The Hall–Kier alpha value is -0.890. The number of hydrogen-bond donors (Lipinski definition) is 2. The van der Waals surface area contributed by atoms with Crippen LogP contribution in [0.4, 0.5) is 0 Å². The molecule has 0 saturated carbocycles. The molecule has 0 aliphatic heterocycles. The summed E-state index contributed by atoms with van der Waals surface area (Å²) in [7, 11) is 0. The molecule has 94 valence electrons. The predicted molar refractivity (Wildman–Crippen MR) is 81.3 cm³/mol. The number of halogens is 2. The zero-order valence-electron chi connectivity index (χ0n) is 9.58. The van der Waals surface area contributed by atoms with Crippen LogP contribution in [0.3, 0.4) is 0 Å². The molecule has 18 heavy (non-hydrogen) atoms. The molecule has 2 rings (SSSR count). The van der Waals surface area contributed by atoms with E-state index in [-0.39, 0.29) is 11.9 Å². The number of nitrogens with zero attached hydrogens (tertiary/aromatic N) is 1. The van der Waals surface area contributed by atoms with Gasteiger partial charge in [-0.15, -0.1) is 0 Å². The summed E-state index contributed by atoms with van der Waals surface area (Å²) < 4.78 is 1.82. The van der Waals surface area contributed by atoms with E-state index in [2.05, 4.69) is 54.0 Å². The number of carbonyl (C=O) groups is 1. The van der Waals surface area contributed by atoms with Gasteiger partial charge in [0.1, 0.15) is 0 Å². The highest BCUT2D eigenvalue weighted by Gasteiger charge is 2.14. The molecule has 0 bridgehead atoms. The summed E-state index contributed by atoms with van der Waals surface area (Å²) in [5, 5.41) is 9.55. The van der Waals surface area contributed by atoms with Gasteiger partial charge in [-0.2, -0.15) is 5.10 Å².